The van der Waals surface area contributed by atoms with Crippen LogP contribution in [0, 0.1) is 0 Å². The summed E-state index contributed by atoms with van der Waals surface area (Å²) in [5.41, 5.74) is 10.9. The van der Waals surface area contributed by atoms with Gasteiger partial charge in [0.2, 0.25) is 0 Å². The van der Waals surface area contributed by atoms with E-state index in [-0.39, 0.29) is 5.82 Å². The number of aromatic nitrogens is 2. The minimum absolute atomic E-state index is 0.247. The average molecular weight is 166 g/mol. The van der Waals surface area contributed by atoms with Gasteiger partial charge in [0.25, 0.3) is 0 Å². The minimum Gasteiger partial charge on any atom is -0.405 e. The highest BCUT2D eigenvalue weighted by molar-refractivity contribution is 5.37. The van der Waals surface area contributed by atoms with Crippen LogP contribution in [0.2, 0.25) is 0 Å². The number of H-pyrrole nitrogens is 1. The lowest BCUT2D eigenvalue weighted by Crippen LogP contribution is -2.13. The zero-order valence-corrected chi connectivity index (χ0v) is 6.45. The number of allylic oxidation sites excluding steroid dienone is 1. The Balaban J connectivity index is 2.93. The summed E-state index contributed by atoms with van der Waals surface area (Å²) in [6.45, 7) is 0. The van der Waals surface area contributed by atoms with Crippen LogP contribution in [-0.2, 0) is 6.42 Å². The van der Waals surface area contributed by atoms with Crippen molar-refractivity contribution >= 4 is 5.82 Å². The molecule has 0 aliphatic heterocycles. The molecule has 12 heavy (non-hydrogen) atoms. The van der Waals surface area contributed by atoms with Crippen LogP contribution in [0.1, 0.15) is 5.56 Å². The first-order valence-electron chi connectivity index (χ1n) is 3.45. The van der Waals surface area contributed by atoms with Crippen molar-refractivity contribution in [3.63, 3.8) is 0 Å². The average Bonchev–Trinajstić information content (AvgIpc) is 2.03. The maximum absolute atomic E-state index is 10.6. The van der Waals surface area contributed by atoms with Gasteiger partial charge in [0.1, 0.15) is 5.82 Å². The van der Waals surface area contributed by atoms with E-state index in [1.807, 2.05) is 0 Å². The van der Waals surface area contributed by atoms with Gasteiger partial charge in [0, 0.05) is 11.8 Å². The van der Waals surface area contributed by atoms with E-state index in [4.69, 9.17) is 11.5 Å². The fraction of sp³-hybridized carbons (Fsp3) is 0.143. The highest BCUT2D eigenvalue weighted by Crippen LogP contribution is 2.03. The van der Waals surface area contributed by atoms with Gasteiger partial charge in [0.05, 0.1) is 0 Å². The van der Waals surface area contributed by atoms with Crippen LogP contribution < -0.4 is 17.2 Å². The zero-order valence-electron chi connectivity index (χ0n) is 6.45. The number of nitrogen functional groups attached to an aromatic ring is 1. The van der Waals surface area contributed by atoms with Crippen molar-refractivity contribution in [3.05, 3.63) is 34.5 Å². The molecule has 0 aliphatic carbocycles. The predicted octanol–water partition coefficient (Wildman–Crippen LogP) is -0.633. The molecule has 1 aromatic heterocycles. The Morgan fingerprint density at radius 2 is 2.42 bits per heavy atom. The third kappa shape index (κ3) is 1.85. The molecule has 0 amide bonds. The van der Waals surface area contributed by atoms with Gasteiger partial charge in [-0.1, -0.05) is 6.08 Å². The maximum Gasteiger partial charge on any atom is 0.346 e. The number of nitrogens with two attached hydrogens (primary N) is 2. The summed E-state index contributed by atoms with van der Waals surface area (Å²) in [5.74, 6) is 0.247. The van der Waals surface area contributed by atoms with E-state index in [0.717, 1.165) is 5.56 Å². The van der Waals surface area contributed by atoms with E-state index in [9.17, 15) is 4.79 Å². The Kier molecular flexibility index (Phi) is 2.47. The Bertz CT molecular complexity index is 342. The first-order valence-corrected chi connectivity index (χ1v) is 3.45. The van der Waals surface area contributed by atoms with Gasteiger partial charge in [-0.25, -0.2) is 4.79 Å². The number of anilines is 1. The Labute approximate surface area is 69.1 Å². The van der Waals surface area contributed by atoms with E-state index >= 15 is 0 Å². The highest BCUT2D eigenvalue weighted by atomic mass is 16.1. The number of nitrogens with one attached hydrogen (secondary N) is 1. The van der Waals surface area contributed by atoms with Crippen molar-refractivity contribution in [2.24, 2.45) is 5.73 Å². The molecule has 0 bridgehead atoms. The molecule has 0 spiro atoms. The van der Waals surface area contributed by atoms with Crippen LogP contribution in [0.15, 0.2) is 23.3 Å². The summed E-state index contributed by atoms with van der Waals surface area (Å²) in [5, 5.41) is 0. The van der Waals surface area contributed by atoms with E-state index < -0.39 is 5.69 Å². The second-order valence-electron chi connectivity index (χ2n) is 2.25. The van der Waals surface area contributed by atoms with Gasteiger partial charge in [0.15, 0.2) is 0 Å². The van der Waals surface area contributed by atoms with Crippen LogP contribution in [0.3, 0.4) is 0 Å². The van der Waals surface area contributed by atoms with Gasteiger partial charge in [-0.05, 0) is 12.6 Å². The summed E-state index contributed by atoms with van der Waals surface area (Å²) in [7, 11) is 0. The summed E-state index contributed by atoms with van der Waals surface area (Å²) in [6, 6.07) is 0. The van der Waals surface area contributed by atoms with E-state index in [0.29, 0.717) is 6.42 Å². The molecule has 1 aromatic rings. The first-order chi connectivity index (χ1) is 5.74. The van der Waals surface area contributed by atoms with Gasteiger partial charge in [-0.2, -0.15) is 4.98 Å². The normalized spacial score (nSPS) is 10.7. The lowest BCUT2D eigenvalue weighted by atomic mass is 10.2. The summed E-state index contributed by atoms with van der Waals surface area (Å²) in [4.78, 5) is 16.6. The van der Waals surface area contributed by atoms with Gasteiger partial charge >= 0.3 is 5.69 Å². The molecule has 0 saturated carbocycles. The third-order valence-corrected chi connectivity index (χ3v) is 1.39. The Morgan fingerprint density at radius 3 is 3.00 bits per heavy atom. The van der Waals surface area contributed by atoms with Crippen LogP contribution in [0.4, 0.5) is 5.82 Å². The molecule has 1 rings (SSSR count). The fourth-order valence-corrected chi connectivity index (χ4v) is 0.795. The van der Waals surface area contributed by atoms with Crippen LogP contribution in [0.25, 0.3) is 0 Å². The zero-order chi connectivity index (χ0) is 8.97. The molecular formula is C7H10N4O. The standard InChI is InChI=1S/C7H10N4O/c8-3-1-2-5-4-10-7(12)11-6(5)9/h1,3-4H,2,8H2,(H3,9,10,11,12). The predicted molar refractivity (Wildman–Crippen MR) is 46.3 cm³/mol. The van der Waals surface area contributed by atoms with Gasteiger partial charge < -0.3 is 16.5 Å². The van der Waals surface area contributed by atoms with Crippen LogP contribution in [0.5, 0.6) is 0 Å². The van der Waals surface area contributed by atoms with E-state index in [1.54, 1.807) is 6.08 Å². The Morgan fingerprint density at radius 1 is 1.67 bits per heavy atom. The molecule has 0 aromatic carbocycles. The molecule has 0 aliphatic rings. The Hall–Kier alpha value is -1.78. The SMILES string of the molecule is NC=CCc1c[nH]c(=O)nc1N. The van der Waals surface area contributed by atoms with Gasteiger partial charge in [-0.3, -0.25) is 0 Å². The number of hydrogen-bond donors (Lipinski definition) is 3. The van der Waals surface area contributed by atoms with Crippen molar-refractivity contribution < 1.29 is 0 Å². The molecular weight excluding hydrogens is 156 g/mol. The van der Waals surface area contributed by atoms with Crippen molar-refractivity contribution in [1.82, 2.24) is 9.97 Å². The maximum atomic E-state index is 10.6. The summed E-state index contributed by atoms with van der Waals surface area (Å²) in [6.07, 6.45) is 5.26. The highest BCUT2D eigenvalue weighted by Gasteiger charge is 1.97. The van der Waals surface area contributed by atoms with Crippen molar-refractivity contribution in [2.75, 3.05) is 5.73 Å². The van der Waals surface area contributed by atoms with Crippen molar-refractivity contribution in [3.8, 4) is 0 Å². The smallest absolute Gasteiger partial charge is 0.346 e. The monoisotopic (exact) mass is 166 g/mol. The molecule has 0 atom stereocenters. The lowest BCUT2D eigenvalue weighted by Gasteiger charge is -1.98. The van der Waals surface area contributed by atoms with Crippen molar-refractivity contribution in [1.29, 1.82) is 0 Å². The molecule has 0 saturated heterocycles. The number of hydrogen-bond acceptors (Lipinski definition) is 4. The molecule has 0 fully saturated rings. The fourth-order valence-electron chi connectivity index (χ4n) is 0.795. The second kappa shape index (κ2) is 3.56. The molecule has 5 N–H and O–H groups in total. The first kappa shape index (κ1) is 8.32. The molecule has 0 radical (unpaired) electrons. The van der Waals surface area contributed by atoms with Gasteiger partial charge in [-0.15, -0.1) is 0 Å². The largest absolute Gasteiger partial charge is 0.405 e. The third-order valence-electron chi connectivity index (χ3n) is 1.39. The van der Waals surface area contributed by atoms with Crippen LogP contribution >= 0.6 is 0 Å². The summed E-state index contributed by atoms with van der Waals surface area (Å²) >= 11 is 0. The topological polar surface area (TPSA) is 97.8 Å². The lowest BCUT2D eigenvalue weighted by molar-refractivity contribution is 1.04. The molecule has 5 nitrogen and oxygen atoms in total. The summed E-state index contributed by atoms with van der Waals surface area (Å²) < 4.78 is 0. The van der Waals surface area contributed by atoms with E-state index in [1.165, 1.54) is 12.4 Å². The molecule has 1 heterocycles. The van der Waals surface area contributed by atoms with Crippen molar-refractivity contribution in [2.45, 2.75) is 6.42 Å². The quantitative estimate of drug-likeness (QED) is 0.544. The number of nitrogens with zero attached hydrogens (tertiary/aromatic N) is 1. The number of rotatable bonds is 2. The second-order valence-corrected chi connectivity index (χ2v) is 2.25. The van der Waals surface area contributed by atoms with Crippen LogP contribution in [-0.4, -0.2) is 9.97 Å². The van der Waals surface area contributed by atoms with E-state index in [2.05, 4.69) is 9.97 Å². The number of aromatic amines is 1. The molecule has 64 valence electrons. The molecule has 0 unspecified atom stereocenters. The molecule has 5 heteroatoms. The minimum atomic E-state index is -0.437.